The molecule has 1 amide bonds. The van der Waals surface area contributed by atoms with Crippen molar-refractivity contribution in [2.75, 3.05) is 11.9 Å². The van der Waals surface area contributed by atoms with Crippen LogP contribution >= 0.6 is 23.2 Å². The Morgan fingerprint density at radius 3 is 2.32 bits per heavy atom. The second-order valence-electron chi connectivity index (χ2n) is 5.17. The molecule has 0 saturated heterocycles. The lowest BCUT2D eigenvalue weighted by Gasteiger charge is -2.11. The third-order valence-electron chi connectivity index (χ3n) is 3.25. The summed E-state index contributed by atoms with van der Waals surface area (Å²) in [4.78, 5) is 12.0. The summed E-state index contributed by atoms with van der Waals surface area (Å²) in [5.74, 6) is 0.382. The molecule has 5 heteroatoms. The zero-order valence-electron chi connectivity index (χ0n) is 12.7. The van der Waals surface area contributed by atoms with Gasteiger partial charge in [-0.15, -0.1) is 0 Å². The van der Waals surface area contributed by atoms with Crippen LogP contribution in [0.1, 0.15) is 16.7 Å². The Hall–Kier alpha value is -1.71. The van der Waals surface area contributed by atoms with E-state index in [0.29, 0.717) is 21.5 Å². The van der Waals surface area contributed by atoms with Gasteiger partial charge in [0.15, 0.2) is 6.61 Å². The molecule has 0 radical (unpaired) electrons. The molecular formula is C17H17Cl2NO2. The Labute approximate surface area is 140 Å². The highest BCUT2D eigenvalue weighted by atomic mass is 35.5. The summed E-state index contributed by atoms with van der Waals surface area (Å²) >= 11 is 12.0. The van der Waals surface area contributed by atoms with E-state index in [-0.39, 0.29) is 12.5 Å². The van der Waals surface area contributed by atoms with Crippen LogP contribution in [0.15, 0.2) is 30.3 Å². The number of aryl methyl sites for hydroxylation is 3. The summed E-state index contributed by atoms with van der Waals surface area (Å²) in [7, 11) is 0. The smallest absolute Gasteiger partial charge is 0.262 e. The fourth-order valence-corrected chi connectivity index (χ4v) is 2.33. The van der Waals surface area contributed by atoms with Crippen molar-refractivity contribution in [2.45, 2.75) is 20.8 Å². The van der Waals surface area contributed by atoms with Crippen molar-refractivity contribution in [3.63, 3.8) is 0 Å². The van der Waals surface area contributed by atoms with E-state index < -0.39 is 0 Å². The number of amides is 1. The lowest BCUT2D eigenvalue weighted by atomic mass is 10.1. The van der Waals surface area contributed by atoms with Crippen LogP contribution in [-0.2, 0) is 4.79 Å². The largest absolute Gasteiger partial charge is 0.484 e. The first-order valence-corrected chi connectivity index (χ1v) is 7.58. The van der Waals surface area contributed by atoms with E-state index >= 15 is 0 Å². The van der Waals surface area contributed by atoms with Gasteiger partial charge in [-0.2, -0.15) is 0 Å². The lowest BCUT2D eigenvalue weighted by molar-refractivity contribution is -0.118. The highest BCUT2D eigenvalue weighted by molar-refractivity contribution is 6.32. The summed E-state index contributed by atoms with van der Waals surface area (Å²) in [6, 6.07) is 8.97. The lowest BCUT2D eigenvalue weighted by Crippen LogP contribution is -2.20. The maximum absolute atomic E-state index is 12.0. The van der Waals surface area contributed by atoms with E-state index in [1.807, 2.05) is 39.0 Å². The molecule has 22 heavy (non-hydrogen) atoms. The molecule has 3 nitrogen and oxygen atoms in total. The minimum absolute atomic E-state index is 0.0769. The van der Waals surface area contributed by atoms with Gasteiger partial charge in [0.05, 0.1) is 0 Å². The van der Waals surface area contributed by atoms with Crippen molar-refractivity contribution < 1.29 is 9.53 Å². The first kappa shape index (κ1) is 16.7. The highest BCUT2D eigenvalue weighted by Crippen LogP contribution is 2.26. The second-order valence-corrected chi connectivity index (χ2v) is 5.98. The van der Waals surface area contributed by atoms with Crippen molar-refractivity contribution in [3.8, 4) is 5.75 Å². The minimum atomic E-state index is -0.240. The van der Waals surface area contributed by atoms with Gasteiger partial charge < -0.3 is 10.1 Å². The average Bonchev–Trinajstić information content (AvgIpc) is 2.46. The van der Waals surface area contributed by atoms with Crippen LogP contribution in [0.2, 0.25) is 10.0 Å². The molecule has 0 unspecified atom stereocenters. The molecule has 0 fully saturated rings. The number of ether oxygens (including phenoxy) is 1. The number of carbonyl (C=O) groups excluding carboxylic acids is 1. The van der Waals surface area contributed by atoms with Crippen molar-refractivity contribution >= 4 is 34.8 Å². The topological polar surface area (TPSA) is 38.3 Å². The summed E-state index contributed by atoms with van der Waals surface area (Å²) in [6.45, 7) is 5.63. The summed E-state index contributed by atoms with van der Waals surface area (Å²) in [5.41, 5.74) is 3.46. The number of halogens is 2. The fraction of sp³-hybridized carbons (Fsp3) is 0.235. The maximum Gasteiger partial charge on any atom is 0.262 e. The zero-order valence-corrected chi connectivity index (χ0v) is 14.2. The predicted molar refractivity (Wildman–Crippen MR) is 91.2 cm³/mol. The van der Waals surface area contributed by atoms with Gasteiger partial charge in [-0.25, -0.2) is 0 Å². The molecule has 2 aromatic rings. The van der Waals surface area contributed by atoms with Crippen molar-refractivity contribution in [1.29, 1.82) is 0 Å². The van der Waals surface area contributed by atoms with Gasteiger partial charge in [0.25, 0.3) is 5.91 Å². The normalized spacial score (nSPS) is 10.4. The van der Waals surface area contributed by atoms with Gasteiger partial charge >= 0.3 is 0 Å². The molecule has 0 aliphatic carbocycles. The SMILES string of the molecule is Cc1ccc(Cl)cc1NC(=O)COc1cc(C)c(Cl)c(C)c1. The van der Waals surface area contributed by atoms with E-state index in [1.54, 1.807) is 12.1 Å². The molecule has 0 bridgehead atoms. The molecular weight excluding hydrogens is 321 g/mol. The summed E-state index contributed by atoms with van der Waals surface area (Å²) in [5, 5.41) is 4.08. The third-order valence-corrected chi connectivity index (χ3v) is 4.08. The monoisotopic (exact) mass is 337 g/mol. The van der Waals surface area contributed by atoms with Crippen LogP contribution < -0.4 is 10.1 Å². The first-order valence-electron chi connectivity index (χ1n) is 6.82. The van der Waals surface area contributed by atoms with Gasteiger partial charge in [0.1, 0.15) is 5.75 Å². The fourth-order valence-electron chi connectivity index (χ4n) is 2.05. The van der Waals surface area contributed by atoms with Gasteiger partial charge in [-0.1, -0.05) is 29.3 Å². The molecule has 116 valence electrons. The van der Waals surface area contributed by atoms with Crippen LogP contribution in [0, 0.1) is 20.8 Å². The van der Waals surface area contributed by atoms with Crippen molar-refractivity contribution in [3.05, 3.63) is 57.1 Å². The number of carbonyl (C=O) groups is 1. The Balaban J connectivity index is 2.00. The Morgan fingerprint density at radius 1 is 1.05 bits per heavy atom. The van der Waals surface area contributed by atoms with Crippen LogP contribution in [0.5, 0.6) is 5.75 Å². The number of nitrogens with one attached hydrogen (secondary N) is 1. The average molecular weight is 338 g/mol. The molecule has 2 rings (SSSR count). The van der Waals surface area contributed by atoms with Gasteiger partial charge in [0, 0.05) is 15.7 Å². The van der Waals surface area contributed by atoms with Crippen LogP contribution in [0.4, 0.5) is 5.69 Å². The molecule has 0 aromatic heterocycles. The molecule has 1 N–H and O–H groups in total. The van der Waals surface area contributed by atoms with E-state index in [0.717, 1.165) is 16.7 Å². The van der Waals surface area contributed by atoms with Crippen molar-refractivity contribution in [2.24, 2.45) is 0 Å². The van der Waals surface area contributed by atoms with Crippen LogP contribution in [0.25, 0.3) is 0 Å². The zero-order chi connectivity index (χ0) is 16.3. The van der Waals surface area contributed by atoms with Crippen LogP contribution in [0.3, 0.4) is 0 Å². The van der Waals surface area contributed by atoms with E-state index in [2.05, 4.69) is 5.32 Å². The molecule has 0 aliphatic heterocycles. The molecule has 0 aliphatic rings. The predicted octanol–water partition coefficient (Wildman–Crippen LogP) is 4.94. The minimum Gasteiger partial charge on any atom is -0.484 e. The molecule has 2 aromatic carbocycles. The molecule has 0 heterocycles. The Morgan fingerprint density at radius 2 is 1.68 bits per heavy atom. The number of anilines is 1. The Bertz CT molecular complexity index is 691. The number of hydrogen-bond acceptors (Lipinski definition) is 2. The quantitative estimate of drug-likeness (QED) is 0.858. The molecule has 0 atom stereocenters. The summed E-state index contributed by atoms with van der Waals surface area (Å²) < 4.78 is 5.52. The standard InChI is InChI=1S/C17H17Cl2NO2/c1-10-4-5-13(18)8-15(10)20-16(21)9-22-14-6-11(2)17(19)12(3)7-14/h4-8H,9H2,1-3H3,(H,20,21). The van der Waals surface area contributed by atoms with E-state index in [9.17, 15) is 4.79 Å². The first-order chi connectivity index (χ1) is 10.4. The Kier molecular flexibility index (Phi) is 5.33. The van der Waals surface area contributed by atoms with Gasteiger partial charge in [0.2, 0.25) is 0 Å². The maximum atomic E-state index is 12.0. The van der Waals surface area contributed by atoms with Gasteiger partial charge in [-0.3, -0.25) is 4.79 Å². The number of hydrogen-bond donors (Lipinski definition) is 1. The van der Waals surface area contributed by atoms with Crippen LogP contribution in [-0.4, -0.2) is 12.5 Å². The molecule has 0 saturated carbocycles. The summed E-state index contributed by atoms with van der Waals surface area (Å²) in [6.07, 6.45) is 0. The van der Waals surface area contributed by atoms with E-state index in [4.69, 9.17) is 27.9 Å². The number of rotatable bonds is 4. The number of benzene rings is 2. The third kappa shape index (κ3) is 4.15. The second kappa shape index (κ2) is 7.03. The van der Waals surface area contributed by atoms with E-state index in [1.165, 1.54) is 0 Å². The molecule has 0 spiro atoms. The van der Waals surface area contributed by atoms with Crippen molar-refractivity contribution in [1.82, 2.24) is 0 Å². The highest BCUT2D eigenvalue weighted by Gasteiger charge is 2.08. The van der Waals surface area contributed by atoms with Gasteiger partial charge in [-0.05, 0) is 61.7 Å².